The second-order valence-electron chi connectivity index (χ2n) is 4.95. The highest BCUT2D eigenvalue weighted by atomic mass is 16.6. The summed E-state index contributed by atoms with van der Waals surface area (Å²) in [5.41, 5.74) is 9.83. The number of carbonyl (C=O) groups is 3. The standard InChI is InChI=1S/C16H11N3O4/c17-18-11-7-4-8-12-13(11)14(20)15(21)19(12)16(22)23-9-10-5-2-1-3-6-10/h1-8,13H,9H2. The van der Waals surface area contributed by atoms with Crippen LogP contribution in [0.2, 0.25) is 0 Å². The predicted octanol–water partition coefficient (Wildman–Crippen LogP) is 1.48. The monoisotopic (exact) mass is 309 g/mol. The number of nitrogens with zero attached hydrogens (tertiary/aromatic N) is 3. The molecule has 7 nitrogen and oxygen atoms in total. The largest absolute Gasteiger partial charge is 0.444 e. The Bertz CT molecular complexity index is 804. The minimum Gasteiger partial charge on any atom is -0.444 e. The van der Waals surface area contributed by atoms with E-state index in [-0.39, 0.29) is 18.0 Å². The molecule has 0 radical (unpaired) electrons. The molecule has 23 heavy (non-hydrogen) atoms. The maximum Gasteiger partial charge on any atom is 0.421 e. The van der Waals surface area contributed by atoms with E-state index in [1.807, 2.05) is 6.07 Å². The number of imide groups is 1. The zero-order chi connectivity index (χ0) is 16.4. The number of Topliss-reactive ketones (excluding diaryl/α,β-unsaturated/α-hetero) is 1. The average molecular weight is 309 g/mol. The highest BCUT2D eigenvalue weighted by Gasteiger charge is 2.52. The number of hydrogen-bond acceptors (Lipinski definition) is 4. The van der Waals surface area contributed by atoms with Crippen molar-refractivity contribution < 1.29 is 23.9 Å². The molecule has 0 N–H and O–H groups in total. The quantitative estimate of drug-likeness (QED) is 0.469. The number of likely N-dealkylation sites (tertiary alicyclic amines) is 1. The Morgan fingerprint density at radius 2 is 2.00 bits per heavy atom. The summed E-state index contributed by atoms with van der Waals surface area (Å²) in [5, 5.41) is 0. The van der Waals surface area contributed by atoms with Gasteiger partial charge in [0.25, 0.3) is 0 Å². The fourth-order valence-electron chi connectivity index (χ4n) is 2.48. The van der Waals surface area contributed by atoms with Crippen molar-refractivity contribution in [1.29, 1.82) is 0 Å². The molecule has 1 aliphatic carbocycles. The molecule has 2 amide bonds. The van der Waals surface area contributed by atoms with Gasteiger partial charge in [0.05, 0.1) is 5.70 Å². The van der Waals surface area contributed by atoms with Crippen molar-refractivity contribution in [3.63, 3.8) is 0 Å². The van der Waals surface area contributed by atoms with Gasteiger partial charge in [-0.1, -0.05) is 36.4 Å². The number of carbonyl (C=O) groups excluding carboxylic acids is 3. The van der Waals surface area contributed by atoms with Crippen molar-refractivity contribution in [3.05, 3.63) is 65.4 Å². The number of ketones is 1. The Balaban J connectivity index is 1.82. The Hall–Kier alpha value is -3.31. The first-order chi connectivity index (χ1) is 11.1. The second-order valence-corrected chi connectivity index (χ2v) is 4.95. The predicted molar refractivity (Wildman–Crippen MR) is 77.8 cm³/mol. The van der Waals surface area contributed by atoms with Crippen LogP contribution in [0.3, 0.4) is 0 Å². The van der Waals surface area contributed by atoms with E-state index in [9.17, 15) is 14.4 Å². The molecule has 0 spiro atoms. The average Bonchev–Trinajstić information content (AvgIpc) is 2.85. The van der Waals surface area contributed by atoms with E-state index in [0.717, 1.165) is 5.56 Å². The number of fused-ring (bicyclic) bond motifs is 1. The second kappa shape index (κ2) is 5.82. The van der Waals surface area contributed by atoms with Crippen LogP contribution < -0.4 is 0 Å². The Morgan fingerprint density at radius 3 is 2.70 bits per heavy atom. The zero-order valence-electron chi connectivity index (χ0n) is 11.9. The van der Waals surface area contributed by atoms with Crippen LogP contribution in [0.4, 0.5) is 4.79 Å². The van der Waals surface area contributed by atoms with E-state index >= 15 is 0 Å². The molecule has 1 unspecified atom stereocenters. The van der Waals surface area contributed by atoms with Crippen LogP contribution in [0.15, 0.2) is 54.3 Å². The van der Waals surface area contributed by atoms with E-state index in [1.165, 1.54) is 18.2 Å². The summed E-state index contributed by atoms with van der Waals surface area (Å²) in [6, 6.07) is 8.95. The zero-order valence-corrected chi connectivity index (χ0v) is 11.9. The summed E-state index contributed by atoms with van der Waals surface area (Å²) < 4.78 is 5.10. The van der Waals surface area contributed by atoms with Crippen LogP contribution in [0, 0.1) is 5.92 Å². The van der Waals surface area contributed by atoms with Gasteiger partial charge in [-0.25, -0.2) is 9.69 Å². The van der Waals surface area contributed by atoms with Gasteiger partial charge in [-0.3, -0.25) is 9.59 Å². The molecule has 1 aromatic carbocycles. The maximum atomic E-state index is 12.2. The van der Waals surface area contributed by atoms with Crippen LogP contribution >= 0.6 is 0 Å². The topological polar surface area (TPSA) is 100 Å². The maximum absolute atomic E-state index is 12.2. The lowest BCUT2D eigenvalue weighted by atomic mass is 9.94. The van der Waals surface area contributed by atoms with Gasteiger partial charge in [0.1, 0.15) is 6.61 Å². The van der Waals surface area contributed by atoms with Gasteiger partial charge in [0, 0.05) is 6.08 Å². The Labute approximate surface area is 131 Å². The summed E-state index contributed by atoms with van der Waals surface area (Å²) in [4.78, 5) is 40.0. The highest BCUT2D eigenvalue weighted by Crippen LogP contribution is 2.30. The number of amides is 2. The molecule has 1 saturated heterocycles. The van der Waals surface area contributed by atoms with Crippen molar-refractivity contribution in [3.8, 4) is 0 Å². The third-order valence-electron chi connectivity index (χ3n) is 3.56. The summed E-state index contributed by atoms with van der Waals surface area (Å²) in [5.74, 6) is -2.89. The minimum atomic E-state index is -1.07. The molecule has 0 aromatic heterocycles. The first kappa shape index (κ1) is 14.6. The van der Waals surface area contributed by atoms with Gasteiger partial charge in [-0.2, -0.15) is 4.79 Å². The smallest absolute Gasteiger partial charge is 0.421 e. The van der Waals surface area contributed by atoms with Crippen molar-refractivity contribution in [2.75, 3.05) is 0 Å². The van der Waals surface area contributed by atoms with E-state index < -0.39 is 23.7 Å². The van der Waals surface area contributed by atoms with Gasteiger partial charge in [-0.05, 0) is 11.6 Å². The molecule has 1 aromatic rings. The fourth-order valence-corrected chi connectivity index (χ4v) is 2.48. The lowest BCUT2D eigenvalue weighted by molar-refractivity contribution is -0.139. The summed E-state index contributed by atoms with van der Waals surface area (Å²) >= 11 is 0. The third-order valence-corrected chi connectivity index (χ3v) is 3.56. The Morgan fingerprint density at radius 1 is 1.26 bits per heavy atom. The van der Waals surface area contributed by atoms with Crippen LogP contribution in [0.25, 0.3) is 5.53 Å². The van der Waals surface area contributed by atoms with Gasteiger partial charge in [-0.15, -0.1) is 0 Å². The van der Waals surface area contributed by atoms with Crippen LogP contribution in [0.1, 0.15) is 5.56 Å². The molecule has 1 aliphatic heterocycles. The third kappa shape index (κ3) is 2.49. The molecule has 114 valence electrons. The number of rotatable bonds is 2. The number of allylic oxidation sites excluding steroid dienone is 4. The first-order valence-electron chi connectivity index (χ1n) is 6.82. The van der Waals surface area contributed by atoms with Gasteiger partial charge >= 0.3 is 17.7 Å². The lowest BCUT2D eigenvalue weighted by Gasteiger charge is -2.16. The molecule has 3 rings (SSSR count). The Kier molecular flexibility index (Phi) is 3.70. The van der Waals surface area contributed by atoms with E-state index in [2.05, 4.69) is 4.79 Å². The molecule has 0 saturated carbocycles. The highest BCUT2D eigenvalue weighted by molar-refractivity contribution is 6.47. The molecule has 1 heterocycles. The summed E-state index contributed by atoms with van der Waals surface area (Å²) in [7, 11) is 0. The van der Waals surface area contributed by atoms with Crippen molar-refractivity contribution in [1.82, 2.24) is 4.90 Å². The first-order valence-corrected chi connectivity index (χ1v) is 6.82. The van der Waals surface area contributed by atoms with Crippen molar-refractivity contribution >= 4 is 23.5 Å². The van der Waals surface area contributed by atoms with Crippen LogP contribution in [-0.2, 0) is 20.9 Å². The molecule has 2 aliphatic rings. The van der Waals surface area contributed by atoms with Crippen LogP contribution in [-0.4, -0.2) is 33.2 Å². The van der Waals surface area contributed by atoms with E-state index in [1.54, 1.807) is 24.3 Å². The lowest BCUT2D eigenvalue weighted by Crippen LogP contribution is -2.33. The molecule has 1 atom stereocenters. The fraction of sp³-hybridized carbons (Fsp3) is 0.125. The van der Waals surface area contributed by atoms with E-state index in [4.69, 9.17) is 10.3 Å². The van der Waals surface area contributed by atoms with Crippen molar-refractivity contribution in [2.24, 2.45) is 5.92 Å². The minimum absolute atomic E-state index is 0.0132. The van der Waals surface area contributed by atoms with Crippen LogP contribution in [0.5, 0.6) is 0 Å². The summed E-state index contributed by atoms with van der Waals surface area (Å²) in [6.45, 7) is -0.0215. The molecule has 1 fully saturated rings. The van der Waals surface area contributed by atoms with Gasteiger partial charge in [0.15, 0.2) is 5.92 Å². The van der Waals surface area contributed by atoms with Crippen molar-refractivity contribution in [2.45, 2.75) is 6.61 Å². The molecule has 7 heteroatoms. The summed E-state index contributed by atoms with van der Waals surface area (Å²) in [6.07, 6.45) is 3.41. The number of hydrogen-bond donors (Lipinski definition) is 0. The molecular weight excluding hydrogens is 298 g/mol. The molecular formula is C16H11N3O4. The van der Waals surface area contributed by atoms with E-state index in [0.29, 0.717) is 4.90 Å². The van der Waals surface area contributed by atoms with Gasteiger partial charge in [0.2, 0.25) is 5.78 Å². The normalized spacial score (nSPS) is 19.3. The SMILES string of the molecule is [N-]=[N+]=C1C=CC=C2C1C(=O)C(=O)N2C(=O)OCc1ccccc1. The number of benzene rings is 1. The molecule has 0 bridgehead atoms. The van der Waals surface area contributed by atoms with Gasteiger partial charge < -0.3 is 10.3 Å². The number of ether oxygens (including phenoxy) is 1.